The van der Waals surface area contributed by atoms with Crippen LogP contribution in [0.2, 0.25) is 5.02 Å². The van der Waals surface area contributed by atoms with Crippen LogP contribution in [0.4, 0.5) is 4.79 Å². The number of aliphatic hydroxyl groups excluding tert-OH is 1. The molecule has 2 fully saturated rings. The highest BCUT2D eigenvalue weighted by Crippen LogP contribution is 2.27. The van der Waals surface area contributed by atoms with Gasteiger partial charge in [0, 0.05) is 17.5 Å². The van der Waals surface area contributed by atoms with Crippen molar-refractivity contribution in [1.29, 1.82) is 0 Å². The molecule has 0 spiro atoms. The molecule has 1 aliphatic heterocycles. The van der Waals surface area contributed by atoms with Crippen molar-refractivity contribution in [3.05, 3.63) is 34.9 Å². The molecular weight excluding hydrogens is 536 g/mol. The molecule has 1 saturated heterocycles. The van der Waals surface area contributed by atoms with E-state index in [1.165, 1.54) is 0 Å². The van der Waals surface area contributed by atoms with Crippen molar-refractivity contribution in [3.63, 3.8) is 0 Å². The van der Waals surface area contributed by atoms with E-state index in [1.54, 1.807) is 38.1 Å². The maximum absolute atomic E-state index is 13.4. The number of benzene rings is 1. The van der Waals surface area contributed by atoms with Gasteiger partial charge in [-0.2, -0.15) is 0 Å². The molecule has 1 heterocycles. The number of alkyl carbamates (subject to hydrolysis) is 1. The fourth-order valence-electron chi connectivity index (χ4n) is 5.42. The minimum absolute atomic E-state index is 0.00684. The number of carbonyl (C=O) groups excluding carboxylic acids is 4. The standard InChI is InChI=1S/C29H43ClN4O6/c1-18(2)25(34-29(39)40-17-20-9-6-10-22(30)13-20)28(38)33-24(14-19-7-4-3-5-8-19)27(37)32-23(16-35)15-21-11-12-31-26(21)36/h6,9-10,13,18-19,21,23-25,35H,3-5,7-8,11-12,14-17H2,1-2H3,(H,31,36)(H,32,37)(H,33,38)(H,34,39)/t21-,23-,24-,25-/m0/s1. The zero-order chi connectivity index (χ0) is 29.1. The fourth-order valence-corrected chi connectivity index (χ4v) is 5.64. The lowest BCUT2D eigenvalue weighted by molar-refractivity contribution is -0.131. The van der Waals surface area contributed by atoms with Crippen molar-refractivity contribution in [2.45, 2.75) is 89.9 Å². The molecule has 40 heavy (non-hydrogen) atoms. The summed E-state index contributed by atoms with van der Waals surface area (Å²) in [5, 5.41) is 21.6. The predicted molar refractivity (Wildman–Crippen MR) is 151 cm³/mol. The molecular formula is C29H43ClN4O6. The molecule has 11 heteroatoms. The van der Waals surface area contributed by atoms with Crippen molar-refractivity contribution in [3.8, 4) is 0 Å². The third kappa shape index (κ3) is 9.96. The van der Waals surface area contributed by atoms with E-state index >= 15 is 0 Å². The molecule has 0 aromatic heterocycles. The first-order valence-electron chi connectivity index (χ1n) is 14.3. The number of halogens is 1. The highest BCUT2D eigenvalue weighted by molar-refractivity contribution is 6.30. The summed E-state index contributed by atoms with van der Waals surface area (Å²) in [4.78, 5) is 51.4. The van der Waals surface area contributed by atoms with Crippen LogP contribution in [0.15, 0.2) is 24.3 Å². The molecule has 1 saturated carbocycles. The summed E-state index contributed by atoms with van der Waals surface area (Å²) in [7, 11) is 0. The second-order valence-electron chi connectivity index (χ2n) is 11.3. The fraction of sp³-hybridized carbons (Fsp3) is 0.655. The minimum Gasteiger partial charge on any atom is -0.445 e. The van der Waals surface area contributed by atoms with Gasteiger partial charge in [-0.25, -0.2) is 4.79 Å². The quantitative estimate of drug-likeness (QED) is 0.243. The highest BCUT2D eigenvalue weighted by Gasteiger charge is 2.33. The van der Waals surface area contributed by atoms with Gasteiger partial charge in [0.15, 0.2) is 0 Å². The highest BCUT2D eigenvalue weighted by atomic mass is 35.5. The number of hydrogen-bond donors (Lipinski definition) is 5. The van der Waals surface area contributed by atoms with E-state index in [-0.39, 0.29) is 36.9 Å². The van der Waals surface area contributed by atoms with Gasteiger partial charge in [0.05, 0.1) is 12.6 Å². The molecule has 3 rings (SSSR count). The predicted octanol–water partition coefficient (Wildman–Crippen LogP) is 3.05. The molecule has 1 aromatic rings. The van der Waals surface area contributed by atoms with Crippen LogP contribution in [0.1, 0.15) is 70.8 Å². The summed E-state index contributed by atoms with van der Waals surface area (Å²) in [5.41, 5.74) is 0.714. The van der Waals surface area contributed by atoms with Crippen molar-refractivity contribution >= 4 is 35.4 Å². The van der Waals surface area contributed by atoms with E-state index in [4.69, 9.17) is 16.3 Å². The van der Waals surface area contributed by atoms with Crippen LogP contribution in [-0.4, -0.2) is 60.2 Å². The summed E-state index contributed by atoms with van der Waals surface area (Å²) in [6, 6.07) is 4.57. The number of rotatable bonds is 13. The SMILES string of the molecule is CC(C)[C@H](NC(=O)OCc1cccc(Cl)c1)C(=O)N[C@@H](CC1CCCCC1)C(=O)N[C@H](CO)C[C@@H]1CCNC1=O. The van der Waals surface area contributed by atoms with Gasteiger partial charge >= 0.3 is 6.09 Å². The summed E-state index contributed by atoms with van der Waals surface area (Å²) >= 11 is 5.99. The lowest BCUT2D eigenvalue weighted by Gasteiger charge is -2.30. The summed E-state index contributed by atoms with van der Waals surface area (Å²) in [5.74, 6) is -1.22. The summed E-state index contributed by atoms with van der Waals surface area (Å²) in [6.07, 6.45) is 5.97. The van der Waals surface area contributed by atoms with Gasteiger partial charge in [-0.1, -0.05) is 69.7 Å². The molecule has 0 bridgehead atoms. The Balaban J connectivity index is 1.63. The van der Waals surface area contributed by atoms with E-state index in [0.717, 1.165) is 32.1 Å². The Morgan fingerprint density at radius 3 is 2.42 bits per heavy atom. The largest absolute Gasteiger partial charge is 0.445 e. The number of ether oxygens (including phenoxy) is 1. The van der Waals surface area contributed by atoms with Crippen LogP contribution >= 0.6 is 11.6 Å². The van der Waals surface area contributed by atoms with Gasteiger partial charge < -0.3 is 31.1 Å². The van der Waals surface area contributed by atoms with Crippen molar-refractivity contribution < 1.29 is 29.0 Å². The first-order chi connectivity index (χ1) is 19.2. The topological polar surface area (TPSA) is 146 Å². The molecule has 2 aliphatic rings. The lowest BCUT2D eigenvalue weighted by Crippen LogP contribution is -2.57. The molecule has 10 nitrogen and oxygen atoms in total. The van der Waals surface area contributed by atoms with Crippen LogP contribution < -0.4 is 21.3 Å². The normalized spacial score (nSPS) is 19.8. The molecule has 0 unspecified atom stereocenters. The monoisotopic (exact) mass is 578 g/mol. The van der Waals surface area contributed by atoms with E-state index in [2.05, 4.69) is 21.3 Å². The molecule has 4 atom stereocenters. The number of carbonyl (C=O) groups is 4. The van der Waals surface area contributed by atoms with Crippen LogP contribution in [-0.2, 0) is 25.7 Å². The number of aliphatic hydroxyl groups is 1. The molecule has 0 radical (unpaired) electrons. The smallest absolute Gasteiger partial charge is 0.408 e. The zero-order valence-electron chi connectivity index (χ0n) is 23.4. The Morgan fingerprint density at radius 2 is 1.80 bits per heavy atom. The minimum atomic E-state index is -0.927. The maximum atomic E-state index is 13.4. The van der Waals surface area contributed by atoms with E-state index < -0.39 is 36.0 Å². The van der Waals surface area contributed by atoms with E-state index in [9.17, 15) is 24.3 Å². The van der Waals surface area contributed by atoms with Gasteiger partial charge in [0.25, 0.3) is 0 Å². The maximum Gasteiger partial charge on any atom is 0.408 e. The lowest BCUT2D eigenvalue weighted by atomic mass is 9.84. The third-order valence-electron chi connectivity index (χ3n) is 7.71. The molecule has 5 N–H and O–H groups in total. The van der Waals surface area contributed by atoms with Crippen molar-refractivity contribution in [2.24, 2.45) is 17.8 Å². The van der Waals surface area contributed by atoms with Crippen molar-refractivity contribution in [2.75, 3.05) is 13.2 Å². The van der Waals surface area contributed by atoms with Crippen LogP contribution in [0.25, 0.3) is 0 Å². The third-order valence-corrected chi connectivity index (χ3v) is 7.94. The van der Waals surface area contributed by atoms with Crippen LogP contribution in [0.5, 0.6) is 0 Å². The Hall–Kier alpha value is -2.85. The van der Waals surface area contributed by atoms with Crippen LogP contribution in [0, 0.1) is 17.8 Å². The summed E-state index contributed by atoms with van der Waals surface area (Å²) < 4.78 is 5.30. The summed E-state index contributed by atoms with van der Waals surface area (Å²) in [6.45, 7) is 3.86. The number of amides is 4. The molecule has 1 aliphatic carbocycles. The van der Waals surface area contributed by atoms with Gasteiger partial charge in [-0.3, -0.25) is 14.4 Å². The van der Waals surface area contributed by atoms with Crippen molar-refractivity contribution in [1.82, 2.24) is 21.3 Å². The molecule has 1 aromatic carbocycles. The van der Waals surface area contributed by atoms with E-state index in [0.29, 0.717) is 36.4 Å². The Labute approximate surface area is 241 Å². The molecule has 222 valence electrons. The van der Waals surface area contributed by atoms with E-state index in [1.807, 2.05) is 0 Å². The Bertz CT molecular complexity index is 1020. The first kappa shape index (κ1) is 31.7. The van der Waals surface area contributed by atoms with Gasteiger partial charge in [-0.05, 0) is 48.8 Å². The number of nitrogens with one attached hydrogen (secondary N) is 4. The second kappa shape index (κ2) is 15.8. The Kier molecular flexibility index (Phi) is 12.5. The first-order valence-corrected chi connectivity index (χ1v) is 14.7. The van der Waals surface area contributed by atoms with Gasteiger partial charge in [0.1, 0.15) is 18.7 Å². The Morgan fingerprint density at radius 1 is 1.05 bits per heavy atom. The molecule has 4 amide bonds. The zero-order valence-corrected chi connectivity index (χ0v) is 24.2. The average molecular weight is 579 g/mol. The van der Waals surface area contributed by atoms with Gasteiger partial charge in [0.2, 0.25) is 17.7 Å². The average Bonchev–Trinajstić information content (AvgIpc) is 3.34. The number of hydrogen-bond acceptors (Lipinski definition) is 6. The van der Waals surface area contributed by atoms with Crippen LogP contribution in [0.3, 0.4) is 0 Å². The second-order valence-corrected chi connectivity index (χ2v) is 11.7. The van der Waals surface area contributed by atoms with Gasteiger partial charge in [-0.15, -0.1) is 0 Å².